The number of hydrogen-bond donors (Lipinski definition) is 1. The third-order valence-electron chi connectivity index (χ3n) is 6.15. The van der Waals surface area contributed by atoms with Crippen LogP contribution in [0.1, 0.15) is 32.6 Å². The molecular formula is C21H32F2N4O3S. The van der Waals surface area contributed by atoms with E-state index in [0.717, 1.165) is 51.0 Å². The maximum atomic E-state index is 13.7. The van der Waals surface area contributed by atoms with Gasteiger partial charge in [-0.25, -0.2) is 17.2 Å². The van der Waals surface area contributed by atoms with Crippen molar-refractivity contribution in [3.63, 3.8) is 0 Å². The maximum Gasteiger partial charge on any atom is 0.243 e. The number of likely N-dealkylation sites (tertiary alicyclic amines) is 1. The molecule has 0 unspecified atom stereocenters. The molecule has 2 fully saturated rings. The molecule has 3 rings (SSSR count). The number of nitrogens with zero attached hydrogens (tertiary/aromatic N) is 3. The Hall–Kier alpha value is -1.62. The van der Waals surface area contributed by atoms with Crippen molar-refractivity contribution in [3.05, 3.63) is 29.8 Å². The number of carbonyl (C=O) groups excluding carboxylic acids is 1. The summed E-state index contributed by atoms with van der Waals surface area (Å²) in [7, 11) is -4.07. The summed E-state index contributed by atoms with van der Waals surface area (Å²) in [6.07, 6.45) is 3.35. The van der Waals surface area contributed by atoms with Crippen molar-refractivity contribution in [2.45, 2.75) is 43.5 Å². The van der Waals surface area contributed by atoms with Crippen molar-refractivity contribution in [2.75, 3.05) is 52.4 Å². The van der Waals surface area contributed by atoms with Crippen LogP contribution in [0, 0.1) is 11.6 Å². The van der Waals surface area contributed by atoms with Crippen molar-refractivity contribution in [2.24, 2.45) is 0 Å². The molecule has 1 aromatic carbocycles. The van der Waals surface area contributed by atoms with Gasteiger partial charge in [-0.15, -0.1) is 0 Å². The van der Waals surface area contributed by atoms with Crippen LogP contribution >= 0.6 is 0 Å². The number of piperazine rings is 1. The molecule has 0 aromatic heterocycles. The lowest BCUT2D eigenvalue weighted by Crippen LogP contribution is -2.48. The van der Waals surface area contributed by atoms with Crippen molar-refractivity contribution in [1.29, 1.82) is 0 Å². The Morgan fingerprint density at radius 2 is 1.87 bits per heavy atom. The fourth-order valence-corrected chi connectivity index (χ4v) is 5.61. The average Bonchev–Trinajstić information content (AvgIpc) is 2.77. The number of carbonyl (C=O) groups is 1. The maximum absolute atomic E-state index is 13.7. The normalized spacial score (nSPS) is 20.9. The molecule has 2 saturated heterocycles. The summed E-state index contributed by atoms with van der Waals surface area (Å²) in [6.45, 7) is 6.39. The van der Waals surface area contributed by atoms with E-state index in [9.17, 15) is 22.0 Å². The van der Waals surface area contributed by atoms with Crippen molar-refractivity contribution < 1.29 is 22.0 Å². The van der Waals surface area contributed by atoms with E-state index < -0.39 is 21.7 Å². The number of halogens is 2. The summed E-state index contributed by atoms with van der Waals surface area (Å²) in [6, 6.07) is 2.96. The van der Waals surface area contributed by atoms with Crippen molar-refractivity contribution in [1.82, 2.24) is 19.4 Å². The Balaban J connectivity index is 1.73. The number of amides is 1. The summed E-state index contributed by atoms with van der Waals surface area (Å²) in [5, 5.41) is 3.18. The van der Waals surface area contributed by atoms with Crippen LogP contribution in [0.3, 0.4) is 0 Å². The number of hydrogen-bond acceptors (Lipinski definition) is 5. The smallest absolute Gasteiger partial charge is 0.243 e. The van der Waals surface area contributed by atoms with Gasteiger partial charge in [-0.1, -0.05) is 6.42 Å². The van der Waals surface area contributed by atoms with Crippen LogP contribution < -0.4 is 5.32 Å². The van der Waals surface area contributed by atoms with Crippen LogP contribution in [0.4, 0.5) is 8.78 Å². The van der Waals surface area contributed by atoms with E-state index in [4.69, 9.17) is 0 Å². The van der Waals surface area contributed by atoms with E-state index in [1.807, 2.05) is 0 Å². The molecule has 174 valence electrons. The van der Waals surface area contributed by atoms with Gasteiger partial charge in [0.25, 0.3) is 0 Å². The molecule has 7 nitrogen and oxygen atoms in total. The van der Waals surface area contributed by atoms with Gasteiger partial charge in [-0.2, -0.15) is 4.31 Å². The highest BCUT2D eigenvalue weighted by molar-refractivity contribution is 7.89. The summed E-state index contributed by atoms with van der Waals surface area (Å²) in [5.41, 5.74) is 0. The van der Waals surface area contributed by atoms with Crippen molar-refractivity contribution in [3.8, 4) is 0 Å². The molecule has 2 heterocycles. The fraction of sp³-hybridized carbons (Fsp3) is 0.667. The minimum absolute atomic E-state index is 0.00626. The Morgan fingerprint density at radius 3 is 2.55 bits per heavy atom. The van der Waals surface area contributed by atoms with E-state index in [0.29, 0.717) is 31.7 Å². The summed E-state index contributed by atoms with van der Waals surface area (Å²) in [5.74, 6) is -2.40. The Morgan fingerprint density at radius 1 is 1.13 bits per heavy atom. The van der Waals surface area contributed by atoms with Gasteiger partial charge in [0.1, 0.15) is 0 Å². The second-order valence-corrected chi connectivity index (χ2v) is 10.2. The highest BCUT2D eigenvalue weighted by Gasteiger charge is 2.28. The molecule has 1 amide bonds. The van der Waals surface area contributed by atoms with E-state index in [1.165, 1.54) is 4.31 Å². The number of benzene rings is 1. The average molecular weight is 459 g/mol. The zero-order chi connectivity index (χ0) is 22.4. The van der Waals surface area contributed by atoms with Crippen molar-refractivity contribution >= 4 is 15.9 Å². The van der Waals surface area contributed by atoms with Gasteiger partial charge in [0.15, 0.2) is 11.6 Å². The van der Waals surface area contributed by atoms with Crippen LogP contribution in [0.25, 0.3) is 0 Å². The quantitative estimate of drug-likeness (QED) is 0.642. The first-order valence-electron chi connectivity index (χ1n) is 11.0. The molecular weight excluding hydrogens is 426 g/mol. The van der Waals surface area contributed by atoms with Gasteiger partial charge < -0.3 is 10.2 Å². The van der Waals surface area contributed by atoms with Crippen LogP contribution in [-0.2, 0) is 14.8 Å². The highest BCUT2D eigenvalue weighted by atomic mass is 32.2. The lowest BCUT2D eigenvalue weighted by molar-refractivity contribution is -0.131. The monoisotopic (exact) mass is 458 g/mol. The zero-order valence-electron chi connectivity index (χ0n) is 18.0. The first-order chi connectivity index (χ1) is 14.8. The lowest BCUT2D eigenvalue weighted by Gasteiger charge is -2.35. The molecule has 0 bridgehead atoms. The largest absolute Gasteiger partial charge is 0.340 e. The topological polar surface area (TPSA) is 73.0 Å². The second kappa shape index (κ2) is 10.8. The molecule has 0 spiro atoms. The molecule has 2 aliphatic heterocycles. The SMILES string of the molecule is C[C@H]1CCCCN1CCN(CCC(=O)N1CCNCC1)S(=O)(=O)c1ccc(F)c(F)c1. The van der Waals surface area contributed by atoms with E-state index >= 15 is 0 Å². The van der Waals surface area contributed by atoms with Gasteiger partial charge in [0, 0.05) is 58.3 Å². The first-order valence-corrected chi connectivity index (χ1v) is 12.4. The van der Waals surface area contributed by atoms with Crippen LogP contribution in [-0.4, -0.2) is 86.8 Å². The molecule has 1 aromatic rings. The van der Waals surface area contributed by atoms with Gasteiger partial charge >= 0.3 is 0 Å². The summed E-state index contributed by atoms with van der Waals surface area (Å²) >= 11 is 0. The summed E-state index contributed by atoms with van der Waals surface area (Å²) in [4.78, 5) is 16.3. The Labute approximate surface area is 183 Å². The number of sulfonamides is 1. The van der Waals surface area contributed by atoms with E-state index in [-0.39, 0.29) is 30.3 Å². The van der Waals surface area contributed by atoms with Gasteiger partial charge in [-0.05, 0) is 44.5 Å². The molecule has 10 heteroatoms. The van der Waals surface area contributed by atoms with E-state index in [2.05, 4.69) is 17.1 Å². The lowest BCUT2D eigenvalue weighted by atomic mass is 10.0. The minimum atomic E-state index is -4.07. The molecule has 1 N–H and O–H groups in total. The molecule has 0 aliphatic carbocycles. The van der Waals surface area contributed by atoms with Crippen LogP contribution in [0.2, 0.25) is 0 Å². The predicted molar refractivity (Wildman–Crippen MR) is 114 cm³/mol. The number of piperidine rings is 1. The van der Waals surface area contributed by atoms with Gasteiger partial charge in [-0.3, -0.25) is 9.69 Å². The molecule has 2 aliphatic rings. The molecule has 31 heavy (non-hydrogen) atoms. The Bertz CT molecular complexity index is 862. The molecule has 0 saturated carbocycles. The third kappa shape index (κ3) is 6.21. The molecule has 1 atom stereocenters. The fourth-order valence-electron chi connectivity index (χ4n) is 4.16. The third-order valence-corrected chi connectivity index (χ3v) is 8.05. The van der Waals surface area contributed by atoms with Crippen LogP contribution in [0.15, 0.2) is 23.1 Å². The predicted octanol–water partition coefficient (Wildman–Crippen LogP) is 1.65. The van der Waals surface area contributed by atoms with Crippen LogP contribution in [0.5, 0.6) is 0 Å². The number of nitrogens with one attached hydrogen (secondary N) is 1. The minimum Gasteiger partial charge on any atom is -0.340 e. The summed E-state index contributed by atoms with van der Waals surface area (Å²) < 4.78 is 54.7. The second-order valence-electron chi connectivity index (χ2n) is 8.24. The number of rotatable bonds is 8. The molecule has 0 radical (unpaired) electrons. The van der Waals surface area contributed by atoms with Gasteiger partial charge in [0.05, 0.1) is 4.90 Å². The standard InChI is InChI=1S/C21H32F2N4O3S/c1-17-4-2-3-10-25(17)14-15-27(11-7-21(28)26-12-8-24-9-13-26)31(29,30)18-5-6-19(22)20(23)16-18/h5-6,16-17,24H,2-4,7-15H2,1H3/t17-/m0/s1. The zero-order valence-corrected chi connectivity index (χ0v) is 18.8. The first kappa shape index (κ1) is 24.0. The van der Waals surface area contributed by atoms with Gasteiger partial charge in [0.2, 0.25) is 15.9 Å². The highest BCUT2D eigenvalue weighted by Crippen LogP contribution is 2.21. The van der Waals surface area contributed by atoms with E-state index in [1.54, 1.807) is 4.90 Å². The Kier molecular flexibility index (Phi) is 8.37.